The number of hydrogen-bond donors (Lipinski definition) is 0. The van der Waals surface area contributed by atoms with E-state index in [0.717, 1.165) is 11.1 Å². The summed E-state index contributed by atoms with van der Waals surface area (Å²) >= 11 is 0. The molecule has 13 heavy (non-hydrogen) atoms. The van der Waals surface area contributed by atoms with Crippen molar-refractivity contribution in [3.63, 3.8) is 0 Å². The van der Waals surface area contributed by atoms with Crippen LogP contribution in [0.25, 0.3) is 0 Å². The highest BCUT2D eigenvalue weighted by atomic mass is 32.3. The van der Waals surface area contributed by atoms with Gasteiger partial charge < -0.3 is 0 Å². The number of rotatable bonds is 2. The van der Waals surface area contributed by atoms with Gasteiger partial charge in [0.15, 0.2) is 0 Å². The van der Waals surface area contributed by atoms with Crippen LogP contribution in [-0.4, -0.2) is 14.2 Å². The second-order valence-electron chi connectivity index (χ2n) is 3.31. The lowest BCUT2D eigenvalue weighted by molar-refractivity contribution is 0.536. The van der Waals surface area contributed by atoms with Gasteiger partial charge in [-0.1, -0.05) is 24.3 Å². The fraction of sp³-hybridized carbons (Fsp3) is 0.333. The van der Waals surface area contributed by atoms with Gasteiger partial charge in [-0.15, -0.1) is 3.89 Å². The Hall–Kier alpha value is -0.900. The highest BCUT2D eigenvalue weighted by molar-refractivity contribution is 7.86. The van der Waals surface area contributed by atoms with Crippen molar-refractivity contribution in [1.82, 2.24) is 0 Å². The van der Waals surface area contributed by atoms with Crippen molar-refractivity contribution in [2.24, 2.45) is 0 Å². The Bertz CT molecular complexity index is 425. The molecule has 2 rings (SSSR count). The van der Waals surface area contributed by atoms with E-state index in [-0.39, 0.29) is 11.7 Å². The van der Waals surface area contributed by atoms with Crippen molar-refractivity contribution in [2.75, 3.05) is 5.75 Å². The van der Waals surface area contributed by atoms with Crippen LogP contribution >= 0.6 is 0 Å². The molecule has 0 radical (unpaired) electrons. The summed E-state index contributed by atoms with van der Waals surface area (Å²) < 4.78 is 33.1. The van der Waals surface area contributed by atoms with E-state index in [1.54, 1.807) is 0 Å². The van der Waals surface area contributed by atoms with Crippen molar-refractivity contribution < 1.29 is 12.3 Å². The Morgan fingerprint density at radius 3 is 2.69 bits per heavy atom. The second-order valence-corrected chi connectivity index (χ2v) is 4.72. The lowest BCUT2D eigenvalue weighted by Gasteiger charge is -2.28. The van der Waals surface area contributed by atoms with Gasteiger partial charge in [0, 0.05) is 5.92 Å². The first kappa shape index (κ1) is 8.69. The lowest BCUT2D eigenvalue weighted by Crippen LogP contribution is -2.23. The molecular weight excluding hydrogens is 191 g/mol. The molecule has 1 aromatic rings. The van der Waals surface area contributed by atoms with Crippen LogP contribution in [0.5, 0.6) is 0 Å². The molecule has 1 unspecified atom stereocenters. The molecule has 0 bridgehead atoms. The van der Waals surface area contributed by atoms with Crippen LogP contribution in [-0.2, 0) is 16.6 Å². The number of benzene rings is 1. The van der Waals surface area contributed by atoms with Gasteiger partial charge in [-0.25, -0.2) is 0 Å². The van der Waals surface area contributed by atoms with Crippen molar-refractivity contribution in [3.8, 4) is 0 Å². The Balaban J connectivity index is 2.19. The van der Waals surface area contributed by atoms with E-state index in [9.17, 15) is 12.3 Å². The third-order valence-electron chi connectivity index (χ3n) is 2.36. The maximum atomic E-state index is 12.3. The molecule has 1 atom stereocenters. The topological polar surface area (TPSA) is 34.1 Å². The third-order valence-corrected chi connectivity index (χ3v) is 3.16. The van der Waals surface area contributed by atoms with Crippen LogP contribution in [0, 0.1) is 0 Å². The molecule has 70 valence electrons. The van der Waals surface area contributed by atoms with Gasteiger partial charge in [-0.2, -0.15) is 8.42 Å². The molecule has 0 saturated heterocycles. The molecule has 4 heteroatoms. The normalized spacial score (nSPS) is 20.5. The van der Waals surface area contributed by atoms with Crippen molar-refractivity contribution in [2.45, 2.75) is 12.3 Å². The van der Waals surface area contributed by atoms with E-state index in [4.69, 9.17) is 0 Å². The van der Waals surface area contributed by atoms with Crippen LogP contribution < -0.4 is 0 Å². The van der Waals surface area contributed by atoms with Crippen molar-refractivity contribution >= 4 is 10.2 Å². The zero-order valence-electron chi connectivity index (χ0n) is 6.90. The van der Waals surface area contributed by atoms with Crippen LogP contribution in [0.15, 0.2) is 24.3 Å². The molecular formula is C9H9FO2S. The standard InChI is InChI=1S/C9H9FO2S/c10-13(11,12)6-8-5-7-3-1-2-4-9(7)8/h1-4,8H,5-6H2. The SMILES string of the molecule is O=S(=O)(F)CC1Cc2ccccc21. The Morgan fingerprint density at radius 2 is 2.08 bits per heavy atom. The van der Waals surface area contributed by atoms with Gasteiger partial charge in [0.2, 0.25) is 0 Å². The molecule has 0 spiro atoms. The quantitative estimate of drug-likeness (QED) is 0.680. The summed E-state index contributed by atoms with van der Waals surface area (Å²) in [5.41, 5.74) is 2.11. The summed E-state index contributed by atoms with van der Waals surface area (Å²) in [4.78, 5) is 0. The average molecular weight is 200 g/mol. The molecule has 2 nitrogen and oxygen atoms in total. The van der Waals surface area contributed by atoms with Crippen LogP contribution in [0.3, 0.4) is 0 Å². The summed E-state index contributed by atoms with van der Waals surface area (Å²) in [6.45, 7) is 0. The molecule has 1 aliphatic carbocycles. The van der Waals surface area contributed by atoms with Crippen molar-refractivity contribution in [3.05, 3.63) is 35.4 Å². The first-order valence-corrected chi connectivity index (χ1v) is 5.62. The van der Waals surface area contributed by atoms with E-state index in [0.29, 0.717) is 6.42 Å². The molecule has 0 amide bonds. The maximum Gasteiger partial charge on any atom is 0.303 e. The van der Waals surface area contributed by atoms with E-state index < -0.39 is 10.2 Å². The van der Waals surface area contributed by atoms with Crippen LogP contribution in [0.2, 0.25) is 0 Å². The van der Waals surface area contributed by atoms with Crippen molar-refractivity contribution in [1.29, 1.82) is 0 Å². The van der Waals surface area contributed by atoms with Crippen LogP contribution in [0.4, 0.5) is 3.89 Å². The predicted octanol–water partition coefficient (Wildman–Crippen LogP) is 1.63. The minimum atomic E-state index is -4.33. The first-order valence-electron chi connectivity index (χ1n) is 4.06. The smallest absolute Gasteiger partial charge is 0.195 e. The molecule has 0 aliphatic heterocycles. The number of halogens is 1. The van der Waals surface area contributed by atoms with Gasteiger partial charge in [-0.3, -0.25) is 0 Å². The maximum absolute atomic E-state index is 12.3. The average Bonchev–Trinajstić information content (AvgIpc) is 1.99. The molecule has 1 aliphatic rings. The summed E-state index contributed by atoms with van der Waals surface area (Å²) in [6.07, 6.45) is 0.680. The summed E-state index contributed by atoms with van der Waals surface area (Å²) in [7, 11) is -4.33. The number of fused-ring (bicyclic) bond motifs is 1. The fourth-order valence-corrected chi connectivity index (χ4v) is 2.53. The Labute approximate surface area is 76.6 Å². The molecule has 0 fully saturated rings. The van der Waals surface area contributed by atoms with Gasteiger partial charge in [0.25, 0.3) is 0 Å². The number of hydrogen-bond acceptors (Lipinski definition) is 2. The largest absolute Gasteiger partial charge is 0.303 e. The summed E-state index contributed by atoms with van der Waals surface area (Å²) in [5, 5.41) is 0. The second kappa shape index (κ2) is 2.80. The molecule has 0 aromatic heterocycles. The molecule has 0 heterocycles. The monoisotopic (exact) mass is 200 g/mol. The highest BCUT2D eigenvalue weighted by Crippen LogP contribution is 2.35. The summed E-state index contributed by atoms with van der Waals surface area (Å²) in [6, 6.07) is 7.54. The first-order chi connectivity index (χ1) is 6.06. The van der Waals surface area contributed by atoms with E-state index in [1.165, 1.54) is 0 Å². The van der Waals surface area contributed by atoms with Gasteiger partial charge >= 0.3 is 10.2 Å². The molecule has 1 aromatic carbocycles. The van der Waals surface area contributed by atoms with E-state index in [1.807, 2.05) is 24.3 Å². The van der Waals surface area contributed by atoms with E-state index in [2.05, 4.69) is 0 Å². The Kier molecular flexibility index (Phi) is 1.87. The van der Waals surface area contributed by atoms with E-state index >= 15 is 0 Å². The highest BCUT2D eigenvalue weighted by Gasteiger charge is 2.29. The summed E-state index contributed by atoms with van der Waals surface area (Å²) in [5.74, 6) is -0.504. The minimum absolute atomic E-state index is 0.133. The molecule has 0 saturated carbocycles. The lowest BCUT2D eigenvalue weighted by atomic mass is 9.79. The van der Waals surface area contributed by atoms with Gasteiger partial charge in [0.05, 0.1) is 5.75 Å². The minimum Gasteiger partial charge on any atom is -0.195 e. The zero-order chi connectivity index (χ0) is 9.47. The van der Waals surface area contributed by atoms with Gasteiger partial charge in [-0.05, 0) is 17.5 Å². The fourth-order valence-electron chi connectivity index (χ4n) is 1.75. The van der Waals surface area contributed by atoms with Crippen LogP contribution in [0.1, 0.15) is 17.0 Å². The zero-order valence-corrected chi connectivity index (χ0v) is 7.72. The van der Waals surface area contributed by atoms with Gasteiger partial charge in [0.1, 0.15) is 0 Å². The molecule has 0 N–H and O–H groups in total. The Morgan fingerprint density at radius 1 is 1.38 bits per heavy atom. The predicted molar refractivity (Wildman–Crippen MR) is 47.8 cm³/mol. The third kappa shape index (κ3) is 1.72.